The van der Waals surface area contributed by atoms with Crippen LogP contribution in [-0.2, 0) is 36.9 Å². The summed E-state index contributed by atoms with van der Waals surface area (Å²) in [6, 6.07) is 10.1. The fraction of sp³-hybridized carbons (Fsp3) is 0.543. The first-order chi connectivity index (χ1) is 21.4. The Morgan fingerprint density at radius 1 is 1.02 bits per heavy atom. The van der Waals surface area contributed by atoms with Crippen LogP contribution in [0.1, 0.15) is 78.4 Å². The normalized spacial score (nSPS) is 22.6. The van der Waals surface area contributed by atoms with Crippen LogP contribution >= 0.6 is 23.2 Å². The summed E-state index contributed by atoms with van der Waals surface area (Å²) in [6.07, 6.45) is 2.03. The number of benzene rings is 2. The van der Waals surface area contributed by atoms with E-state index in [-0.39, 0.29) is 48.5 Å². The van der Waals surface area contributed by atoms with Crippen molar-refractivity contribution in [2.45, 2.75) is 97.9 Å². The Labute approximate surface area is 309 Å². The van der Waals surface area contributed by atoms with Crippen molar-refractivity contribution in [2.75, 3.05) is 6.54 Å². The van der Waals surface area contributed by atoms with E-state index in [0.717, 1.165) is 0 Å². The molecule has 250 valence electrons. The SMILES string of the molecule is CC(C)(C)OC(=O)[C@@H]1CCCN1C(=O)[C@]1(C)CC[C@H](C(=O)N[C@@H](Cc2ccc(OCc3c(Cl)cccc3Cl)cc2)C(=O)[O-])C1(C)C.[Na+]. The van der Waals surface area contributed by atoms with Crippen molar-refractivity contribution in [3.8, 4) is 5.75 Å². The number of amides is 2. The number of nitrogens with zero attached hydrogens (tertiary/aromatic N) is 1. The van der Waals surface area contributed by atoms with E-state index in [0.29, 0.717) is 59.1 Å². The zero-order valence-electron chi connectivity index (χ0n) is 28.3. The van der Waals surface area contributed by atoms with E-state index in [1.165, 1.54) is 0 Å². The summed E-state index contributed by atoms with van der Waals surface area (Å²) in [5, 5.41) is 15.8. The van der Waals surface area contributed by atoms with Gasteiger partial charge < -0.3 is 29.6 Å². The molecule has 1 saturated carbocycles. The fourth-order valence-electron chi connectivity index (χ4n) is 6.53. The first-order valence-corrected chi connectivity index (χ1v) is 16.4. The van der Waals surface area contributed by atoms with Gasteiger partial charge in [0.25, 0.3) is 0 Å². The van der Waals surface area contributed by atoms with Crippen LogP contribution in [0, 0.1) is 16.7 Å². The van der Waals surface area contributed by atoms with Crippen molar-refractivity contribution < 1.29 is 63.3 Å². The molecule has 2 aromatic carbocycles. The van der Waals surface area contributed by atoms with Crippen LogP contribution in [0.3, 0.4) is 0 Å². The number of rotatable bonds is 10. The standard InChI is InChI=1S/C35H44Cl2N2O7.Na/c1-33(2,3)46-31(43)28-11-8-18-39(28)32(44)35(6)17-16-24(34(35,4)5)29(40)38-27(30(41)42)19-21-12-14-22(15-13-21)45-20-23-25(36)9-7-10-26(23)37;/h7,9-10,12-15,24,27-28H,8,11,16-20H2,1-6H3,(H,38,40)(H,41,42);/q;+1/p-1/t24-,27+,28+,35+;/m1./s1. The molecular weight excluding hydrogens is 654 g/mol. The number of likely N-dealkylation sites (tertiary alicyclic amines) is 1. The van der Waals surface area contributed by atoms with Crippen LogP contribution in [0.5, 0.6) is 5.75 Å². The predicted octanol–water partition coefficient (Wildman–Crippen LogP) is 2.13. The van der Waals surface area contributed by atoms with Crippen LogP contribution in [0.25, 0.3) is 0 Å². The number of nitrogens with one attached hydrogen (secondary N) is 1. The topological polar surface area (TPSA) is 125 Å². The summed E-state index contributed by atoms with van der Waals surface area (Å²) in [5.41, 5.74) is -1.13. The molecule has 47 heavy (non-hydrogen) atoms. The van der Waals surface area contributed by atoms with Gasteiger partial charge in [0, 0.05) is 28.1 Å². The third kappa shape index (κ3) is 8.84. The van der Waals surface area contributed by atoms with Gasteiger partial charge in [0.1, 0.15) is 24.0 Å². The van der Waals surface area contributed by atoms with Crippen LogP contribution in [0.4, 0.5) is 0 Å². The average Bonchev–Trinajstić information content (AvgIpc) is 3.55. The molecule has 4 atom stereocenters. The number of halogens is 2. The molecule has 0 spiro atoms. The molecule has 9 nitrogen and oxygen atoms in total. The number of hydrogen-bond donors (Lipinski definition) is 1. The molecule has 1 N–H and O–H groups in total. The largest absolute Gasteiger partial charge is 1.00 e. The van der Waals surface area contributed by atoms with E-state index >= 15 is 0 Å². The summed E-state index contributed by atoms with van der Waals surface area (Å²) in [7, 11) is 0. The third-order valence-electron chi connectivity index (χ3n) is 9.62. The van der Waals surface area contributed by atoms with E-state index in [9.17, 15) is 24.3 Å². The minimum Gasteiger partial charge on any atom is -0.548 e. The van der Waals surface area contributed by atoms with Crippen molar-refractivity contribution in [1.82, 2.24) is 10.2 Å². The summed E-state index contributed by atoms with van der Waals surface area (Å²) in [4.78, 5) is 54.3. The van der Waals surface area contributed by atoms with Crippen LogP contribution in [0.2, 0.25) is 10.0 Å². The van der Waals surface area contributed by atoms with Crippen molar-refractivity contribution in [3.63, 3.8) is 0 Å². The fourth-order valence-corrected chi connectivity index (χ4v) is 7.04. The molecule has 2 fully saturated rings. The quantitative estimate of drug-likeness (QED) is 0.298. The van der Waals surface area contributed by atoms with Gasteiger partial charge in [0.15, 0.2) is 0 Å². The second-order valence-corrected chi connectivity index (χ2v) is 14.9. The molecule has 2 aromatic rings. The molecule has 0 bridgehead atoms. The van der Waals surface area contributed by atoms with Gasteiger partial charge in [-0.25, -0.2) is 4.79 Å². The summed E-state index contributed by atoms with van der Waals surface area (Å²) < 4.78 is 11.4. The number of carbonyl (C=O) groups is 4. The van der Waals surface area contributed by atoms with Crippen LogP contribution in [0.15, 0.2) is 42.5 Å². The maximum Gasteiger partial charge on any atom is 1.00 e. The Morgan fingerprint density at radius 2 is 1.64 bits per heavy atom. The van der Waals surface area contributed by atoms with E-state index < -0.39 is 52.3 Å². The smallest absolute Gasteiger partial charge is 0.548 e. The Bertz CT molecular complexity index is 1460. The monoisotopic (exact) mass is 696 g/mol. The van der Waals surface area contributed by atoms with Gasteiger partial charge in [-0.05, 0) is 88.1 Å². The summed E-state index contributed by atoms with van der Waals surface area (Å²) in [5.74, 6) is -2.55. The Balaban J connectivity index is 0.00000600. The molecule has 0 radical (unpaired) electrons. The zero-order chi connectivity index (χ0) is 34.0. The van der Waals surface area contributed by atoms with Crippen molar-refractivity contribution >= 4 is 47.0 Å². The molecule has 1 aliphatic carbocycles. The first-order valence-electron chi connectivity index (χ1n) is 15.6. The van der Waals surface area contributed by atoms with Gasteiger partial charge in [-0.1, -0.05) is 62.2 Å². The van der Waals surface area contributed by atoms with Gasteiger partial charge >= 0.3 is 35.5 Å². The number of ether oxygens (including phenoxy) is 2. The summed E-state index contributed by atoms with van der Waals surface area (Å²) in [6.45, 7) is 11.5. The van der Waals surface area contributed by atoms with Gasteiger partial charge in [0.05, 0.1) is 17.4 Å². The maximum absolute atomic E-state index is 14.1. The van der Waals surface area contributed by atoms with Gasteiger partial charge in [0.2, 0.25) is 11.8 Å². The molecular formula is C35H43Cl2N2NaO7. The van der Waals surface area contributed by atoms with E-state index in [2.05, 4.69) is 5.32 Å². The number of esters is 1. The molecule has 4 rings (SSSR count). The number of carboxylic acids is 1. The molecule has 2 amide bonds. The molecule has 1 saturated heterocycles. The summed E-state index contributed by atoms with van der Waals surface area (Å²) >= 11 is 12.4. The molecule has 0 aromatic heterocycles. The average molecular weight is 698 g/mol. The van der Waals surface area contributed by atoms with E-state index in [4.69, 9.17) is 32.7 Å². The molecule has 12 heteroatoms. The van der Waals surface area contributed by atoms with E-state index in [1.807, 2.05) is 20.8 Å². The Hall–Kier alpha value is -2.30. The van der Waals surface area contributed by atoms with Gasteiger partial charge in [-0.15, -0.1) is 0 Å². The number of carbonyl (C=O) groups excluding carboxylic acids is 4. The zero-order valence-corrected chi connectivity index (χ0v) is 31.8. The van der Waals surface area contributed by atoms with Crippen molar-refractivity contribution in [3.05, 3.63) is 63.6 Å². The second kappa shape index (κ2) is 15.5. The molecule has 2 aliphatic rings. The van der Waals surface area contributed by atoms with Crippen LogP contribution in [-0.4, -0.2) is 52.9 Å². The number of carboxylic acid groups (broad SMARTS) is 1. The Kier molecular flexibility index (Phi) is 12.9. The maximum atomic E-state index is 14.1. The third-order valence-corrected chi connectivity index (χ3v) is 10.3. The number of aliphatic carboxylic acids is 1. The molecule has 1 aliphatic heterocycles. The first kappa shape index (κ1) is 39.1. The van der Waals surface area contributed by atoms with Gasteiger partial charge in [-0.2, -0.15) is 0 Å². The van der Waals surface area contributed by atoms with Crippen molar-refractivity contribution in [1.29, 1.82) is 0 Å². The molecule has 0 unspecified atom stereocenters. The van der Waals surface area contributed by atoms with Gasteiger partial charge in [-0.3, -0.25) is 9.59 Å². The van der Waals surface area contributed by atoms with Crippen molar-refractivity contribution in [2.24, 2.45) is 16.7 Å². The molecule has 1 heterocycles. The predicted molar refractivity (Wildman–Crippen MR) is 173 cm³/mol. The number of hydrogen-bond acceptors (Lipinski definition) is 7. The second-order valence-electron chi connectivity index (χ2n) is 14.1. The van der Waals surface area contributed by atoms with Crippen LogP contribution < -0.4 is 44.7 Å². The minimum atomic E-state index is -1.41. The van der Waals surface area contributed by atoms with E-state index in [1.54, 1.807) is 68.1 Å². The minimum absolute atomic E-state index is 0. The Morgan fingerprint density at radius 3 is 2.21 bits per heavy atom.